The molecule has 17 heavy (non-hydrogen) atoms. The number of aryl methyl sites for hydroxylation is 1. The Kier molecular flexibility index (Phi) is 3.91. The van der Waals surface area contributed by atoms with Crippen LogP contribution in [0, 0.1) is 6.92 Å². The second-order valence-electron chi connectivity index (χ2n) is 4.44. The van der Waals surface area contributed by atoms with Gasteiger partial charge >= 0.3 is 0 Å². The Morgan fingerprint density at radius 1 is 1.53 bits per heavy atom. The van der Waals surface area contributed by atoms with Crippen molar-refractivity contribution in [3.63, 3.8) is 0 Å². The minimum absolute atomic E-state index is 0.0454. The molecule has 1 saturated heterocycles. The lowest BCUT2D eigenvalue weighted by Crippen LogP contribution is -2.32. The van der Waals surface area contributed by atoms with Gasteiger partial charge in [0.2, 0.25) is 5.95 Å². The third kappa shape index (κ3) is 3.14. The van der Waals surface area contributed by atoms with Crippen LogP contribution in [0.1, 0.15) is 24.7 Å². The molecule has 5 heteroatoms. The lowest BCUT2D eigenvalue weighted by Gasteiger charge is -2.22. The topological polar surface area (TPSA) is 58.5 Å². The van der Waals surface area contributed by atoms with E-state index in [1.807, 2.05) is 6.92 Å². The minimum atomic E-state index is -0.0454. The fourth-order valence-corrected chi connectivity index (χ4v) is 2.02. The van der Waals surface area contributed by atoms with E-state index in [4.69, 9.17) is 9.84 Å². The highest BCUT2D eigenvalue weighted by Crippen LogP contribution is 2.14. The van der Waals surface area contributed by atoms with Gasteiger partial charge in [-0.15, -0.1) is 0 Å². The van der Waals surface area contributed by atoms with Crippen LogP contribution in [0.15, 0.2) is 6.07 Å². The predicted octanol–water partition coefficient (Wildman–Crippen LogP) is 0.893. The van der Waals surface area contributed by atoms with Crippen LogP contribution in [0.2, 0.25) is 0 Å². The first-order chi connectivity index (χ1) is 8.19. The number of aromatic nitrogens is 2. The van der Waals surface area contributed by atoms with Crippen LogP contribution in [-0.2, 0) is 11.3 Å². The van der Waals surface area contributed by atoms with E-state index in [9.17, 15) is 0 Å². The number of nitrogens with zero attached hydrogens (tertiary/aromatic N) is 3. The molecule has 5 nitrogen and oxygen atoms in total. The molecule has 0 aromatic carbocycles. The maximum Gasteiger partial charge on any atom is 0.225 e. The van der Waals surface area contributed by atoms with Crippen molar-refractivity contribution < 1.29 is 9.84 Å². The average Bonchev–Trinajstić information content (AvgIpc) is 2.53. The number of hydrogen-bond donors (Lipinski definition) is 1. The van der Waals surface area contributed by atoms with Crippen molar-refractivity contribution in [1.29, 1.82) is 0 Å². The highest BCUT2D eigenvalue weighted by Gasteiger charge is 2.18. The van der Waals surface area contributed by atoms with Crippen LogP contribution >= 0.6 is 0 Å². The summed E-state index contributed by atoms with van der Waals surface area (Å²) in [5, 5.41) is 9.16. The van der Waals surface area contributed by atoms with E-state index in [1.54, 1.807) is 6.07 Å². The standard InChI is InChI=1S/C12H19N3O2/c1-9-6-11(8-16)14-12(13-9)15-4-3-5-17-10(2)7-15/h6,10,16H,3-5,7-8H2,1-2H3. The summed E-state index contributed by atoms with van der Waals surface area (Å²) in [5.74, 6) is 0.700. The lowest BCUT2D eigenvalue weighted by molar-refractivity contribution is 0.0820. The van der Waals surface area contributed by atoms with E-state index in [0.717, 1.165) is 31.8 Å². The molecule has 1 unspecified atom stereocenters. The van der Waals surface area contributed by atoms with Crippen molar-refractivity contribution in [3.8, 4) is 0 Å². The number of anilines is 1. The van der Waals surface area contributed by atoms with Gasteiger partial charge in [-0.05, 0) is 26.3 Å². The van der Waals surface area contributed by atoms with Gasteiger partial charge in [-0.3, -0.25) is 0 Å². The summed E-state index contributed by atoms with van der Waals surface area (Å²) in [5.41, 5.74) is 1.56. The molecule has 2 heterocycles. The Morgan fingerprint density at radius 3 is 3.12 bits per heavy atom. The Balaban J connectivity index is 2.22. The molecule has 1 fully saturated rings. The number of ether oxygens (including phenoxy) is 1. The van der Waals surface area contributed by atoms with E-state index in [2.05, 4.69) is 21.8 Å². The predicted molar refractivity (Wildman–Crippen MR) is 64.9 cm³/mol. The van der Waals surface area contributed by atoms with Crippen LogP contribution in [0.5, 0.6) is 0 Å². The van der Waals surface area contributed by atoms with Gasteiger partial charge in [0.1, 0.15) is 0 Å². The van der Waals surface area contributed by atoms with E-state index in [1.165, 1.54) is 0 Å². The first-order valence-corrected chi connectivity index (χ1v) is 6.01. The van der Waals surface area contributed by atoms with Gasteiger partial charge < -0.3 is 14.7 Å². The molecule has 0 bridgehead atoms. The molecule has 1 aromatic heterocycles. The maximum atomic E-state index is 9.16. The molecule has 0 saturated carbocycles. The third-order valence-corrected chi connectivity index (χ3v) is 2.79. The van der Waals surface area contributed by atoms with Crippen LogP contribution in [-0.4, -0.2) is 40.9 Å². The maximum absolute atomic E-state index is 9.16. The molecule has 0 aliphatic carbocycles. The van der Waals surface area contributed by atoms with Crippen LogP contribution in [0.3, 0.4) is 0 Å². The van der Waals surface area contributed by atoms with Crippen LogP contribution in [0.25, 0.3) is 0 Å². The van der Waals surface area contributed by atoms with E-state index >= 15 is 0 Å². The monoisotopic (exact) mass is 237 g/mol. The van der Waals surface area contributed by atoms with Gasteiger partial charge in [0.05, 0.1) is 18.4 Å². The largest absolute Gasteiger partial charge is 0.390 e. The highest BCUT2D eigenvalue weighted by atomic mass is 16.5. The molecular formula is C12H19N3O2. The van der Waals surface area contributed by atoms with Crippen molar-refractivity contribution >= 4 is 5.95 Å². The van der Waals surface area contributed by atoms with Crippen molar-refractivity contribution in [2.24, 2.45) is 0 Å². The fourth-order valence-electron chi connectivity index (χ4n) is 2.02. The van der Waals surface area contributed by atoms with Crippen molar-refractivity contribution in [2.45, 2.75) is 33.0 Å². The Labute approximate surface area is 101 Å². The van der Waals surface area contributed by atoms with Crippen LogP contribution < -0.4 is 4.90 Å². The second kappa shape index (κ2) is 5.42. The van der Waals surface area contributed by atoms with Crippen LogP contribution in [0.4, 0.5) is 5.95 Å². The number of aliphatic hydroxyl groups is 1. The quantitative estimate of drug-likeness (QED) is 0.828. The normalized spacial score (nSPS) is 21.4. The summed E-state index contributed by atoms with van der Waals surface area (Å²) in [6, 6.07) is 1.81. The highest BCUT2D eigenvalue weighted by molar-refractivity contribution is 5.32. The molecule has 1 atom stereocenters. The van der Waals surface area contributed by atoms with Gasteiger partial charge in [0.15, 0.2) is 0 Å². The summed E-state index contributed by atoms with van der Waals surface area (Å²) in [6.07, 6.45) is 1.18. The minimum Gasteiger partial charge on any atom is -0.390 e. The first kappa shape index (κ1) is 12.3. The summed E-state index contributed by atoms with van der Waals surface area (Å²) in [4.78, 5) is 10.9. The van der Waals surface area contributed by atoms with Gasteiger partial charge in [0, 0.05) is 25.4 Å². The zero-order valence-corrected chi connectivity index (χ0v) is 10.4. The van der Waals surface area contributed by atoms with E-state index < -0.39 is 0 Å². The number of rotatable bonds is 2. The first-order valence-electron chi connectivity index (χ1n) is 6.01. The molecule has 1 aromatic rings. The average molecular weight is 237 g/mol. The van der Waals surface area contributed by atoms with E-state index in [-0.39, 0.29) is 12.7 Å². The van der Waals surface area contributed by atoms with Gasteiger partial charge in [-0.1, -0.05) is 0 Å². The van der Waals surface area contributed by atoms with Crippen molar-refractivity contribution in [1.82, 2.24) is 9.97 Å². The lowest BCUT2D eigenvalue weighted by atomic mass is 10.3. The molecular weight excluding hydrogens is 218 g/mol. The molecule has 1 N–H and O–H groups in total. The second-order valence-corrected chi connectivity index (χ2v) is 4.44. The van der Waals surface area contributed by atoms with Gasteiger partial charge in [-0.2, -0.15) is 0 Å². The Hall–Kier alpha value is -1.20. The number of aliphatic hydroxyl groups excluding tert-OH is 1. The molecule has 0 spiro atoms. The van der Waals surface area contributed by atoms with Gasteiger partial charge in [-0.25, -0.2) is 9.97 Å². The summed E-state index contributed by atoms with van der Waals surface area (Å²) in [7, 11) is 0. The Bertz CT molecular complexity index is 384. The summed E-state index contributed by atoms with van der Waals surface area (Å²) < 4.78 is 5.59. The molecule has 2 rings (SSSR count). The zero-order valence-electron chi connectivity index (χ0n) is 10.4. The van der Waals surface area contributed by atoms with Crippen molar-refractivity contribution in [2.75, 3.05) is 24.6 Å². The van der Waals surface area contributed by atoms with Crippen molar-refractivity contribution in [3.05, 3.63) is 17.5 Å². The summed E-state index contributed by atoms with van der Waals surface area (Å²) in [6.45, 7) is 6.42. The zero-order chi connectivity index (χ0) is 12.3. The molecule has 94 valence electrons. The number of hydrogen-bond acceptors (Lipinski definition) is 5. The smallest absolute Gasteiger partial charge is 0.225 e. The third-order valence-electron chi connectivity index (χ3n) is 2.79. The molecule has 1 aliphatic heterocycles. The molecule has 0 amide bonds. The SMILES string of the molecule is Cc1cc(CO)nc(N2CCCOC(C)C2)n1. The summed E-state index contributed by atoms with van der Waals surface area (Å²) >= 11 is 0. The molecule has 0 radical (unpaired) electrons. The molecule has 1 aliphatic rings. The van der Waals surface area contributed by atoms with E-state index in [0.29, 0.717) is 11.6 Å². The Morgan fingerprint density at radius 2 is 2.35 bits per heavy atom. The fraction of sp³-hybridized carbons (Fsp3) is 0.667. The van der Waals surface area contributed by atoms with Gasteiger partial charge in [0.25, 0.3) is 0 Å².